The molecule has 0 amide bonds. The lowest BCUT2D eigenvalue weighted by atomic mass is 9.89. The molecule has 0 saturated heterocycles. The van der Waals surface area contributed by atoms with Gasteiger partial charge in [-0.15, -0.1) is 0 Å². The zero-order valence-corrected chi connectivity index (χ0v) is 16.5. The summed E-state index contributed by atoms with van der Waals surface area (Å²) in [4.78, 5) is 17.9. The first-order chi connectivity index (χ1) is 14.7. The number of H-pyrrole nitrogens is 1. The van der Waals surface area contributed by atoms with Gasteiger partial charge < -0.3 is 15.2 Å². The van der Waals surface area contributed by atoms with Gasteiger partial charge in [0.05, 0.1) is 12.4 Å². The molecule has 0 spiro atoms. The third-order valence-electron chi connectivity index (χ3n) is 5.44. The minimum Gasteiger partial charge on any atom is -0.361 e. The number of aromatic amines is 1. The highest BCUT2D eigenvalue weighted by molar-refractivity contribution is 5.83. The lowest BCUT2D eigenvalue weighted by Gasteiger charge is -2.34. The molecule has 0 radical (unpaired) electrons. The third-order valence-corrected chi connectivity index (χ3v) is 5.44. The average molecular weight is 400 g/mol. The lowest BCUT2D eigenvalue weighted by molar-refractivity contribution is 0.494. The molecule has 150 valence electrons. The zero-order chi connectivity index (χ0) is 20.5. The summed E-state index contributed by atoms with van der Waals surface area (Å²) in [6.45, 7) is 2.74. The van der Waals surface area contributed by atoms with Crippen molar-refractivity contribution in [1.29, 1.82) is 0 Å². The van der Waals surface area contributed by atoms with Crippen LogP contribution in [0.15, 0.2) is 84.5 Å². The number of anilines is 1. The first-order valence-corrected chi connectivity index (χ1v) is 9.95. The van der Waals surface area contributed by atoms with E-state index in [4.69, 9.17) is 0 Å². The van der Waals surface area contributed by atoms with Gasteiger partial charge in [-0.25, -0.2) is 19.3 Å². The van der Waals surface area contributed by atoms with Crippen LogP contribution in [0.2, 0.25) is 0 Å². The predicted molar refractivity (Wildman–Crippen MR) is 116 cm³/mol. The van der Waals surface area contributed by atoms with E-state index in [2.05, 4.69) is 50.4 Å². The van der Waals surface area contributed by atoms with Gasteiger partial charge in [-0.3, -0.25) is 0 Å². The Kier molecular flexibility index (Phi) is 4.63. The molecule has 2 aliphatic rings. The molecule has 6 nitrogen and oxygen atoms in total. The van der Waals surface area contributed by atoms with Crippen LogP contribution in [-0.2, 0) is 0 Å². The third kappa shape index (κ3) is 3.28. The van der Waals surface area contributed by atoms with E-state index in [0.29, 0.717) is 12.2 Å². The lowest BCUT2D eigenvalue weighted by Crippen LogP contribution is -2.30. The smallest absolute Gasteiger partial charge is 0.182 e. The van der Waals surface area contributed by atoms with Crippen molar-refractivity contribution in [1.82, 2.24) is 24.8 Å². The largest absolute Gasteiger partial charge is 0.361 e. The fourth-order valence-corrected chi connectivity index (χ4v) is 3.95. The fraction of sp³-hybridized carbons (Fsp3) is 0.174. The van der Waals surface area contributed by atoms with Crippen molar-refractivity contribution in [2.75, 3.05) is 11.9 Å². The van der Waals surface area contributed by atoms with Gasteiger partial charge in [0.15, 0.2) is 11.5 Å². The Balaban J connectivity index is 1.59. The van der Waals surface area contributed by atoms with Gasteiger partial charge in [-0.1, -0.05) is 37.3 Å². The van der Waals surface area contributed by atoms with Gasteiger partial charge in [0.1, 0.15) is 17.7 Å². The number of hydrogen-bond acceptors (Lipinski definition) is 5. The summed E-state index contributed by atoms with van der Waals surface area (Å²) in [5.74, 6) is 0.478. The molecule has 1 unspecified atom stereocenters. The molecule has 7 heteroatoms. The Bertz CT molecular complexity index is 1200. The molecule has 0 bridgehead atoms. The maximum atomic E-state index is 13.9. The molecule has 0 aliphatic carbocycles. The molecule has 1 atom stereocenters. The Labute approximate surface area is 173 Å². The summed E-state index contributed by atoms with van der Waals surface area (Å²) < 4.78 is 13.9. The Morgan fingerprint density at radius 3 is 2.87 bits per heavy atom. The van der Waals surface area contributed by atoms with Gasteiger partial charge in [0, 0.05) is 18.4 Å². The van der Waals surface area contributed by atoms with Crippen molar-refractivity contribution < 1.29 is 4.39 Å². The number of rotatable bonds is 5. The molecular weight excluding hydrogens is 379 g/mol. The van der Waals surface area contributed by atoms with Gasteiger partial charge in [0.2, 0.25) is 0 Å². The molecule has 30 heavy (non-hydrogen) atoms. The molecule has 2 aromatic heterocycles. The molecular formula is C23H21FN6. The van der Waals surface area contributed by atoms with E-state index in [0.717, 1.165) is 34.6 Å². The first kappa shape index (κ1) is 18.3. The van der Waals surface area contributed by atoms with Crippen molar-refractivity contribution in [3.05, 3.63) is 90.1 Å². The predicted octanol–water partition coefficient (Wildman–Crippen LogP) is 4.58. The number of allylic oxidation sites excluding steroid dienone is 3. The number of nitrogens with zero attached hydrogens (tertiary/aromatic N) is 4. The SMILES string of the molecule is CCC(Nc1ncnc2nc[nH]c12)C1=C(c2ccccc2)CN2C=C(F)C=CC2=C1. The van der Waals surface area contributed by atoms with Gasteiger partial charge in [-0.05, 0) is 41.4 Å². The Morgan fingerprint density at radius 1 is 1.17 bits per heavy atom. The first-order valence-electron chi connectivity index (χ1n) is 9.95. The van der Waals surface area contributed by atoms with Gasteiger partial charge >= 0.3 is 0 Å². The van der Waals surface area contributed by atoms with Gasteiger partial charge in [0.25, 0.3) is 0 Å². The number of halogens is 1. The van der Waals surface area contributed by atoms with Crippen molar-refractivity contribution in [3.8, 4) is 0 Å². The molecule has 1 aromatic carbocycles. The van der Waals surface area contributed by atoms with Crippen LogP contribution in [0.1, 0.15) is 18.9 Å². The second kappa shape index (κ2) is 7.59. The molecule has 0 saturated carbocycles. The minimum atomic E-state index is -0.240. The quantitative estimate of drug-likeness (QED) is 0.656. The maximum absolute atomic E-state index is 13.9. The standard InChI is InChI=1S/C23H21FN6/c1-2-20(29-23-21-22(26-13-25-21)27-14-28-23)18-10-17-9-8-16(24)11-30(17)12-19(18)15-6-4-3-5-7-15/h3-11,13-14,20H,2,12H2,1H3,(H2,25,26,27,28,29). The topological polar surface area (TPSA) is 69.7 Å². The number of hydrogen-bond donors (Lipinski definition) is 2. The van der Waals surface area contributed by atoms with Crippen molar-refractivity contribution >= 4 is 22.6 Å². The van der Waals surface area contributed by atoms with E-state index in [1.165, 1.54) is 18.0 Å². The molecule has 3 aromatic rings. The molecule has 2 aliphatic heterocycles. The van der Waals surface area contributed by atoms with Crippen molar-refractivity contribution in [2.45, 2.75) is 19.4 Å². The van der Waals surface area contributed by atoms with Crippen LogP contribution < -0.4 is 5.32 Å². The number of fused-ring (bicyclic) bond motifs is 2. The summed E-state index contributed by atoms with van der Waals surface area (Å²) in [6.07, 6.45) is 11.0. The van der Waals surface area contributed by atoms with Crippen molar-refractivity contribution in [2.24, 2.45) is 0 Å². The number of aromatic nitrogens is 4. The van der Waals surface area contributed by atoms with Gasteiger partial charge in [-0.2, -0.15) is 0 Å². The van der Waals surface area contributed by atoms with Crippen LogP contribution >= 0.6 is 0 Å². The van der Waals surface area contributed by atoms with E-state index in [1.54, 1.807) is 12.5 Å². The van der Waals surface area contributed by atoms with E-state index >= 15 is 0 Å². The minimum absolute atomic E-state index is 0.0143. The highest BCUT2D eigenvalue weighted by atomic mass is 19.1. The van der Waals surface area contributed by atoms with Crippen LogP contribution in [0, 0.1) is 0 Å². The number of imidazole rings is 1. The molecule has 4 heterocycles. The van der Waals surface area contributed by atoms with E-state index < -0.39 is 0 Å². The van der Waals surface area contributed by atoms with Crippen molar-refractivity contribution in [3.63, 3.8) is 0 Å². The van der Waals surface area contributed by atoms with E-state index in [-0.39, 0.29) is 11.9 Å². The van der Waals surface area contributed by atoms with Crippen LogP contribution in [0.3, 0.4) is 0 Å². The monoisotopic (exact) mass is 400 g/mol. The second-order valence-corrected chi connectivity index (χ2v) is 7.27. The van der Waals surface area contributed by atoms with Crippen LogP contribution in [-0.4, -0.2) is 37.4 Å². The van der Waals surface area contributed by atoms with E-state index in [9.17, 15) is 4.39 Å². The average Bonchev–Trinajstić information content (AvgIpc) is 3.27. The molecule has 5 rings (SSSR count). The Morgan fingerprint density at radius 2 is 2.03 bits per heavy atom. The van der Waals surface area contributed by atoms with E-state index in [1.807, 2.05) is 29.2 Å². The number of benzene rings is 1. The summed E-state index contributed by atoms with van der Waals surface area (Å²) >= 11 is 0. The summed E-state index contributed by atoms with van der Waals surface area (Å²) in [5.41, 5.74) is 5.84. The summed E-state index contributed by atoms with van der Waals surface area (Å²) in [6, 6.07) is 10.3. The fourth-order valence-electron chi connectivity index (χ4n) is 3.95. The molecule has 2 N–H and O–H groups in total. The van der Waals surface area contributed by atoms with Crippen LogP contribution in [0.5, 0.6) is 0 Å². The molecule has 0 fully saturated rings. The second-order valence-electron chi connectivity index (χ2n) is 7.27. The number of nitrogens with one attached hydrogen (secondary N) is 2. The zero-order valence-electron chi connectivity index (χ0n) is 16.5. The highest BCUT2D eigenvalue weighted by Gasteiger charge is 2.26. The highest BCUT2D eigenvalue weighted by Crippen LogP contribution is 2.34. The normalized spacial score (nSPS) is 16.9. The summed E-state index contributed by atoms with van der Waals surface area (Å²) in [5, 5.41) is 3.57. The Hall–Kier alpha value is -3.74. The maximum Gasteiger partial charge on any atom is 0.182 e. The van der Waals surface area contributed by atoms with Crippen LogP contribution in [0.4, 0.5) is 10.2 Å². The summed E-state index contributed by atoms with van der Waals surface area (Å²) in [7, 11) is 0. The van der Waals surface area contributed by atoms with Crippen LogP contribution in [0.25, 0.3) is 16.7 Å².